The molecule has 0 rings (SSSR count). The fourth-order valence-corrected chi connectivity index (χ4v) is 4.23. The molecule has 0 aliphatic carbocycles. The molecule has 3 nitrogen and oxygen atoms in total. The average molecular weight is 648 g/mol. The molecule has 23 heteroatoms. The molecule has 0 aliphatic rings. The molecule has 39 heavy (non-hydrogen) atoms. The Hall–Kier alpha value is -1.18. The monoisotopic (exact) mass is 648 g/mol. The zero-order valence-electron chi connectivity index (χ0n) is 18.9. The summed E-state index contributed by atoms with van der Waals surface area (Å²) in [7, 11) is -4.83. The Morgan fingerprint density at radius 2 is 0.795 bits per heavy atom. The Balaban J connectivity index is 6.45. The minimum Gasteiger partial charge on any atom is -0.309 e. The molecule has 0 aromatic heterocycles. The molecule has 0 N–H and O–H groups in total. The van der Waals surface area contributed by atoms with Gasteiger partial charge in [0.1, 0.15) is 0 Å². The SMILES string of the molecule is CCOP(=O)(CCC(F)(F)C(F)(F)C(F)(F)C(F)(F)C(F)(F)CC(F)(F)C(F)(F)C(F)(F)C(F)(F)F)OCC. The van der Waals surface area contributed by atoms with E-state index in [1.54, 1.807) is 0 Å². The molecule has 0 aliphatic heterocycles. The van der Waals surface area contributed by atoms with E-state index < -0.39 is 93.4 Å². The third-order valence-corrected chi connectivity index (χ3v) is 6.79. The van der Waals surface area contributed by atoms with E-state index in [0.29, 0.717) is 0 Å². The Kier molecular flexibility index (Phi) is 10.6. The minimum absolute atomic E-state index is 0.647. The molecule has 0 heterocycles. The lowest BCUT2D eigenvalue weighted by Gasteiger charge is -2.41. The van der Waals surface area contributed by atoms with Crippen LogP contribution in [0.3, 0.4) is 0 Å². The number of alkyl halides is 19. The summed E-state index contributed by atoms with van der Waals surface area (Å²) in [5, 5.41) is 0. The molecule has 0 atom stereocenters. The summed E-state index contributed by atoms with van der Waals surface area (Å²) in [6.07, 6.45) is -17.5. The van der Waals surface area contributed by atoms with Crippen LogP contribution >= 0.6 is 7.60 Å². The molecule has 0 amide bonds. The standard InChI is InChI=1S/C16H16F19O3P/c1-3-37-39(36,38-4-2)6-5-8(17,18)11(23,24)14(29,30)12(25,26)9(19,20)7-10(21,22)13(27,28)15(31,32)16(33,34)35/h3-7H2,1-2H3. The van der Waals surface area contributed by atoms with Gasteiger partial charge in [0.2, 0.25) is 0 Å². The van der Waals surface area contributed by atoms with Gasteiger partial charge in [0.15, 0.2) is 0 Å². The van der Waals surface area contributed by atoms with Gasteiger partial charge in [0, 0.05) is 6.42 Å². The van der Waals surface area contributed by atoms with Crippen LogP contribution in [0.15, 0.2) is 0 Å². The van der Waals surface area contributed by atoms with Gasteiger partial charge in [0.05, 0.1) is 25.8 Å². The maximum Gasteiger partial charge on any atom is 0.460 e. The maximum atomic E-state index is 13.9. The van der Waals surface area contributed by atoms with E-state index in [2.05, 4.69) is 9.05 Å². The van der Waals surface area contributed by atoms with Gasteiger partial charge in [-0.1, -0.05) is 0 Å². The van der Waals surface area contributed by atoms with Gasteiger partial charge >= 0.3 is 61.2 Å². The highest BCUT2D eigenvalue weighted by Gasteiger charge is 2.89. The summed E-state index contributed by atoms with van der Waals surface area (Å²) in [6, 6.07) is 0. The first-order valence-electron chi connectivity index (χ1n) is 9.76. The zero-order chi connectivity index (χ0) is 31.9. The quantitative estimate of drug-likeness (QED) is 0.132. The normalized spacial score (nSPS) is 16.1. The van der Waals surface area contributed by atoms with Crippen molar-refractivity contribution in [3.63, 3.8) is 0 Å². The average Bonchev–Trinajstić information content (AvgIpc) is 2.70. The second-order valence-electron chi connectivity index (χ2n) is 7.58. The van der Waals surface area contributed by atoms with Crippen LogP contribution in [0.25, 0.3) is 0 Å². The Morgan fingerprint density at radius 1 is 0.487 bits per heavy atom. The van der Waals surface area contributed by atoms with Crippen LogP contribution in [-0.4, -0.2) is 72.9 Å². The third kappa shape index (κ3) is 6.51. The van der Waals surface area contributed by atoms with E-state index in [4.69, 9.17) is 0 Å². The highest BCUT2D eigenvalue weighted by molar-refractivity contribution is 7.53. The van der Waals surface area contributed by atoms with Gasteiger partial charge in [-0.25, -0.2) is 0 Å². The van der Waals surface area contributed by atoms with Crippen LogP contribution in [0, 0.1) is 0 Å². The lowest BCUT2D eigenvalue weighted by molar-refractivity contribution is -0.423. The molecule has 0 bridgehead atoms. The molecule has 0 fully saturated rings. The Labute approximate surface area is 205 Å². The highest BCUT2D eigenvalue weighted by atomic mass is 31.2. The fraction of sp³-hybridized carbons (Fsp3) is 1.00. The van der Waals surface area contributed by atoms with Crippen LogP contribution < -0.4 is 0 Å². The predicted molar refractivity (Wildman–Crippen MR) is 90.6 cm³/mol. The lowest BCUT2D eigenvalue weighted by atomic mass is 9.88. The smallest absolute Gasteiger partial charge is 0.309 e. The molecular weight excluding hydrogens is 632 g/mol. The van der Waals surface area contributed by atoms with Crippen molar-refractivity contribution in [2.24, 2.45) is 0 Å². The number of halogens is 19. The van der Waals surface area contributed by atoms with Crippen molar-refractivity contribution in [1.82, 2.24) is 0 Å². The van der Waals surface area contributed by atoms with Crippen LogP contribution in [-0.2, 0) is 13.6 Å². The van der Waals surface area contributed by atoms with E-state index in [1.807, 2.05) is 0 Å². The van der Waals surface area contributed by atoms with E-state index in [9.17, 15) is 88.0 Å². The molecule has 0 radical (unpaired) electrons. The first-order chi connectivity index (χ1) is 16.8. The van der Waals surface area contributed by atoms with Crippen molar-refractivity contribution >= 4 is 7.60 Å². The predicted octanol–water partition coefficient (Wildman–Crippen LogP) is 8.68. The maximum absolute atomic E-state index is 13.9. The molecule has 236 valence electrons. The van der Waals surface area contributed by atoms with Crippen LogP contribution in [0.1, 0.15) is 26.7 Å². The molecule has 0 spiro atoms. The molecule has 0 saturated carbocycles. The van der Waals surface area contributed by atoms with E-state index in [-0.39, 0.29) is 0 Å². The van der Waals surface area contributed by atoms with Crippen LogP contribution in [0.4, 0.5) is 83.4 Å². The molecule has 0 aromatic rings. The zero-order valence-corrected chi connectivity index (χ0v) is 19.8. The van der Waals surface area contributed by atoms with E-state index in [1.165, 1.54) is 0 Å². The summed E-state index contributed by atoms with van der Waals surface area (Å²) < 4.78 is 273. The van der Waals surface area contributed by atoms with Crippen molar-refractivity contribution in [2.75, 3.05) is 19.4 Å². The largest absolute Gasteiger partial charge is 0.460 e. The number of rotatable bonds is 15. The van der Waals surface area contributed by atoms with Crippen molar-refractivity contribution in [3.8, 4) is 0 Å². The lowest BCUT2D eigenvalue weighted by Crippen LogP contribution is -2.69. The summed E-state index contributed by atoms with van der Waals surface area (Å²) in [6.45, 7) is 0.760. The van der Waals surface area contributed by atoms with Gasteiger partial charge in [-0.05, 0) is 13.8 Å². The summed E-state index contributed by atoms with van der Waals surface area (Å²) >= 11 is 0. The van der Waals surface area contributed by atoms with Gasteiger partial charge in [0.25, 0.3) is 0 Å². The van der Waals surface area contributed by atoms with Crippen molar-refractivity contribution in [1.29, 1.82) is 0 Å². The first-order valence-corrected chi connectivity index (χ1v) is 11.5. The van der Waals surface area contributed by atoms with Crippen LogP contribution in [0.2, 0.25) is 0 Å². The van der Waals surface area contributed by atoms with Gasteiger partial charge < -0.3 is 9.05 Å². The Morgan fingerprint density at radius 3 is 1.10 bits per heavy atom. The number of hydrogen-bond acceptors (Lipinski definition) is 3. The summed E-state index contributed by atoms with van der Waals surface area (Å²) in [5.74, 6) is -62.2. The minimum atomic E-state index is -8.23. The summed E-state index contributed by atoms with van der Waals surface area (Å²) in [5.41, 5.74) is 0. The van der Waals surface area contributed by atoms with Gasteiger partial charge in [-0.3, -0.25) is 4.57 Å². The Bertz CT molecular complexity index is 872. The molecular formula is C16H16F19O3P. The third-order valence-electron chi connectivity index (χ3n) is 4.71. The molecule has 0 aromatic carbocycles. The topological polar surface area (TPSA) is 35.5 Å². The van der Waals surface area contributed by atoms with E-state index in [0.717, 1.165) is 13.8 Å². The van der Waals surface area contributed by atoms with Gasteiger partial charge in [-0.15, -0.1) is 0 Å². The summed E-state index contributed by atoms with van der Waals surface area (Å²) in [4.78, 5) is 0. The van der Waals surface area contributed by atoms with Crippen molar-refractivity contribution < 1.29 is 97.0 Å². The van der Waals surface area contributed by atoms with Crippen LogP contribution in [0.5, 0.6) is 0 Å². The second kappa shape index (κ2) is 10.9. The van der Waals surface area contributed by atoms with E-state index >= 15 is 0 Å². The fourth-order valence-electron chi connectivity index (χ4n) is 2.56. The number of hydrogen-bond donors (Lipinski definition) is 0. The van der Waals surface area contributed by atoms with Crippen molar-refractivity contribution in [2.45, 2.75) is 80.2 Å². The first kappa shape index (κ1) is 37.8. The van der Waals surface area contributed by atoms with Gasteiger partial charge in [-0.2, -0.15) is 83.4 Å². The molecule has 0 saturated heterocycles. The molecule has 0 unspecified atom stereocenters. The second-order valence-corrected chi connectivity index (χ2v) is 9.77. The highest BCUT2D eigenvalue weighted by Crippen LogP contribution is 2.62. The van der Waals surface area contributed by atoms with Crippen molar-refractivity contribution in [3.05, 3.63) is 0 Å².